The van der Waals surface area contributed by atoms with Crippen LogP contribution in [-0.4, -0.2) is 54.0 Å². The summed E-state index contributed by atoms with van der Waals surface area (Å²) in [4.78, 5) is 17.2. The molecular formula is C16H31N3O. The Morgan fingerprint density at radius 3 is 2.30 bits per heavy atom. The predicted molar refractivity (Wildman–Crippen MR) is 82.4 cm³/mol. The zero-order valence-corrected chi connectivity index (χ0v) is 13.3. The number of likely N-dealkylation sites (tertiary alicyclic amines) is 1. The zero-order chi connectivity index (χ0) is 14.7. The topological polar surface area (TPSA) is 49.6 Å². The van der Waals surface area contributed by atoms with Crippen LogP contribution in [0.4, 0.5) is 0 Å². The van der Waals surface area contributed by atoms with E-state index in [9.17, 15) is 4.79 Å². The molecular weight excluding hydrogens is 250 g/mol. The van der Waals surface area contributed by atoms with E-state index in [0.717, 1.165) is 45.2 Å². The minimum atomic E-state index is 0.0666. The maximum atomic E-state index is 12.7. The van der Waals surface area contributed by atoms with E-state index in [-0.39, 0.29) is 12.0 Å². The lowest BCUT2D eigenvalue weighted by Gasteiger charge is -2.40. The van der Waals surface area contributed by atoms with Crippen LogP contribution in [-0.2, 0) is 4.79 Å². The fraction of sp³-hybridized carbons (Fsp3) is 0.938. The van der Waals surface area contributed by atoms with Gasteiger partial charge in [-0.05, 0) is 39.5 Å². The molecule has 1 saturated carbocycles. The molecule has 2 aliphatic rings. The van der Waals surface area contributed by atoms with Crippen molar-refractivity contribution in [3.05, 3.63) is 0 Å². The van der Waals surface area contributed by atoms with E-state index in [4.69, 9.17) is 5.73 Å². The fourth-order valence-electron chi connectivity index (χ4n) is 3.70. The van der Waals surface area contributed by atoms with E-state index in [1.54, 1.807) is 0 Å². The normalized spacial score (nSPS) is 29.6. The molecule has 1 amide bonds. The number of carbonyl (C=O) groups is 1. The highest BCUT2D eigenvalue weighted by Gasteiger charge is 2.34. The molecule has 2 N–H and O–H groups in total. The summed E-state index contributed by atoms with van der Waals surface area (Å²) in [5.41, 5.74) is 6.15. The van der Waals surface area contributed by atoms with Gasteiger partial charge in [0, 0.05) is 38.3 Å². The molecule has 2 atom stereocenters. The number of piperidine rings is 1. The maximum Gasteiger partial charge on any atom is 0.227 e. The molecule has 4 heteroatoms. The predicted octanol–water partition coefficient (Wildman–Crippen LogP) is 1.84. The molecule has 0 aromatic heterocycles. The Balaban J connectivity index is 1.88. The average Bonchev–Trinajstić information content (AvgIpc) is 2.46. The van der Waals surface area contributed by atoms with Gasteiger partial charge in [-0.3, -0.25) is 4.79 Å². The van der Waals surface area contributed by atoms with Crippen LogP contribution in [0.25, 0.3) is 0 Å². The number of hydrogen-bond donors (Lipinski definition) is 1. The fourth-order valence-corrected chi connectivity index (χ4v) is 3.70. The molecule has 0 bridgehead atoms. The van der Waals surface area contributed by atoms with Gasteiger partial charge < -0.3 is 15.5 Å². The van der Waals surface area contributed by atoms with Gasteiger partial charge in [0.2, 0.25) is 5.91 Å². The highest BCUT2D eigenvalue weighted by molar-refractivity contribution is 5.79. The Morgan fingerprint density at radius 2 is 1.75 bits per heavy atom. The van der Waals surface area contributed by atoms with E-state index in [2.05, 4.69) is 18.7 Å². The SMILES string of the molecule is CC(C)N1CCC(N(C)C(=O)C2CCCCC2N)CC1. The van der Waals surface area contributed by atoms with Crippen molar-refractivity contribution >= 4 is 5.91 Å². The van der Waals surface area contributed by atoms with Gasteiger partial charge in [-0.2, -0.15) is 0 Å². The molecule has 116 valence electrons. The molecule has 0 radical (unpaired) electrons. The summed E-state index contributed by atoms with van der Waals surface area (Å²) >= 11 is 0. The summed E-state index contributed by atoms with van der Waals surface area (Å²) in [5, 5.41) is 0. The summed E-state index contributed by atoms with van der Waals surface area (Å²) in [6.07, 6.45) is 6.53. The molecule has 20 heavy (non-hydrogen) atoms. The van der Waals surface area contributed by atoms with Crippen molar-refractivity contribution in [3.8, 4) is 0 Å². The number of nitrogens with zero attached hydrogens (tertiary/aromatic N) is 2. The third-order valence-electron chi connectivity index (χ3n) is 5.26. The van der Waals surface area contributed by atoms with Crippen LogP contribution >= 0.6 is 0 Å². The Morgan fingerprint density at radius 1 is 1.15 bits per heavy atom. The van der Waals surface area contributed by atoms with E-state index in [0.29, 0.717) is 18.0 Å². The standard InChI is InChI=1S/C16H31N3O/c1-12(2)19-10-8-13(9-11-19)18(3)16(20)14-6-4-5-7-15(14)17/h12-15H,4-11,17H2,1-3H3. The van der Waals surface area contributed by atoms with Crippen LogP contribution in [0.5, 0.6) is 0 Å². The number of hydrogen-bond acceptors (Lipinski definition) is 3. The van der Waals surface area contributed by atoms with Gasteiger partial charge in [-0.1, -0.05) is 12.8 Å². The van der Waals surface area contributed by atoms with Crippen LogP contribution in [0, 0.1) is 5.92 Å². The molecule has 2 rings (SSSR count). The van der Waals surface area contributed by atoms with Crippen LogP contribution in [0.1, 0.15) is 52.4 Å². The molecule has 0 spiro atoms. The Labute approximate surface area is 123 Å². The second-order valence-corrected chi connectivity index (χ2v) is 6.86. The van der Waals surface area contributed by atoms with Gasteiger partial charge in [0.25, 0.3) is 0 Å². The molecule has 1 aliphatic carbocycles. The van der Waals surface area contributed by atoms with Crippen molar-refractivity contribution in [3.63, 3.8) is 0 Å². The van der Waals surface area contributed by atoms with Crippen molar-refractivity contribution in [1.82, 2.24) is 9.80 Å². The summed E-state index contributed by atoms with van der Waals surface area (Å²) < 4.78 is 0. The molecule has 0 aromatic carbocycles. The number of nitrogens with two attached hydrogens (primary N) is 1. The summed E-state index contributed by atoms with van der Waals surface area (Å²) in [5.74, 6) is 0.358. The molecule has 4 nitrogen and oxygen atoms in total. The van der Waals surface area contributed by atoms with E-state index in [1.807, 2.05) is 11.9 Å². The van der Waals surface area contributed by atoms with Gasteiger partial charge in [0.05, 0.1) is 5.92 Å². The molecule has 1 saturated heterocycles. The number of rotatable bonds is 3. The minimum Gasteiger partial charge on any atom is -0.342 e. The Kier molecular flexibility index (Phi) is 5.44. The van der Waals surface area contributed by atoms with Gasteiger partial charge in [-0.15, -0.1) is 0 Å². The largest absolute Gasteiger partial charge is 0.342 e. The first-order chi connectivity index (χ1) is 9.50. The lowest BCUT2D eigenvalue weighted by molar-refractivity contribution is -0.138. The number of amides is 1. The van der Waals surface area contributed by atoms with E-state index >= 15 is 0 Å². The molecule has 1 heterocycles. The third kappa shape index (κ3) is 3.53. The van der Waals surface area contributed by atoms with Crippen LogP contribution in [0.15, 0.2) is 0 Å². The minimum absolute atomic E-state index is 0.0666. The van der Waals surface area contributed by atoms with Crippen molar-refractivity contribution in [2.24, 2.45) is 11.7 Å². The molecule has 2 fully saturated rings. The summed E-state index contributed by atoms with van der Waals surface area (Å²) in [6.45, 7) is 6.71. The molecule has 0 aromatic rings. The van der Waals surface area contributed by atoms with Crippen LogP contribution in [0.3, 0.4) is 0 Å². The van der Waals surface area contributed by atoms with Crippen LogP contribution < -0.4 is 5.73 Å². The van der Waals surface area contributed by atoms with E-state index in [1.165, 1.54) is 6.42 Å². The highest BCUT2D eigenvalue weighted by atomic mass is 16.2. The first-order valence-corrected chi connectivity index (χ1v) is 8.27. The first kappa shape index (κ1) is 15.8. The van der Waals surface area contributed by atoms with Gasteiger partial charge in [0.1, 0.15) is 0 Å². The van der Waals surface area contributed by atoms with Crippen molar-refractivity contribution in [2.75, 3.05) is 20.1 Å². The average molecular weight is 281 g/mol. The van der Waals surface area contributed by atoms with Crippen molar-refractivity contribution in [1.29, 1.82) is 0 Å². The lowest BCUT2D eigenvalue weighted by atomic mass is 9.83. The second-order valence-electron chi connectivity index (χ2n) is 6.86. The maximum absolute atomic E-state index is 12.7. The Hall–Kier alpha value is -0.610. The molecule has 1 aliphatic heterocycles. The van der Waals surface area contributed by atoms with Crippen molar-refractivity contribution in [2.45, 2.75) is 70.5 Å². The second kappa shape index (κ2) is 6.90. The lowest BCUT2D eigenvalue weighted by Crippen LogP contribution is -2.51. The Bertz CT molecular complexity index is 324. The van der Waals surface area contributed by atoms with Crippen molar-refractivity contribution < 1.29 is 4.79 Å². The third-order valence-corrected chi connectivity index (χ3v) is 5.26. The van der Waals surface area contributed by atoms with Crippen LogP contribution in [0.2, 0.25) is 0 Å². The first-order valence-electron chi connectivity index (χ1n) is 8.27. The smallest absolute Gasteiger partial charge is 0.227 e. The quantitative estimate of drug-likeness (QED) is 0.858. The van der Waals surface area contributed by atoms with Gasteiger partial charge >= 0.3 is 0 Å². The number of carbonyl (C=O) groups excluding carboxylic acids is 1. The van der Waals surface area contributed by atoms with Gasteiger partial charge in [0.15, 0.2) is 0 Å². The van der Waals surface area contributed by atoms with E-state index < -0.39 is 0 Å². The summed E-state index contributed by atoms with van der Waals surface area (Å²) in [7, 11) is 1.99. The zero-order valence-electron chi connectivity index (χ0n) is 13.3. The highest BCUT2D eigenvalue weighted by Crippen LogP contribution is 2.26. The van der Waals surface area contributed by atoms with Gasteiger partial charge in [-0.25, -0.2) is 0 Å². The molecule has 2 unspecified atom stereocenters. The monoisotopic (exact) mass is 281 g/mol. The summed E-state index contributed by atoms with van der Waals surface area (Å²) in [6, 6.07) is 1.10.